The van der Waals surface area contributed by atoms with Gasteiger partial charge in [0.15, 0.2) is 0 Å². The summed E-state index contributed by atoms with van der Waals surface area (Å²) in [7, 11) is 0. The fourth-order valence-electron chi connectivity index (χ4n) is 4.87. The second-order valence-corrected chi connectivity index (χ2v) is 9.82. The minimum atomic E-state index is -0.305. The topological polar surface area (TPSA) is 60.9 Å². The van der Waals surface area contributed by atoms with Crippen LogP contribution in [0.3, 0.4) is 0 Å². The van der Waals surface area contributed by atoms with E-state index < -0.39 is 0 Å². The van der Waals surface area contributed by atoms with Gasteiger partial charge >= 0.3 is 0 Å². The molecule has 1 aromatic carbocycles. The first kappa shape index (κ1) is 21.3. The number of carbonyl (C=O) groups is 3. The predicted octanol–water partition coefficient (Wildman–Crippen LogP) is 3.30. The van der Waals surface area contributed by atoms with Gasteiger partial charge in [0.1, 0.15) is 0 Å². The maximum atomic E-state index is 13.1. The van der Waals surface area contributed by atoms with Crippen LogP contribution in [-0.4, -0.2) is 60.2 Å². The van der Waals surface area contributed by atoms with Gasteiger partial charge in [-0.1, -0.05) is 19.1 Å². The number of likely N-dealkylation sites (tertiary alicyclic amines) is 2. The first-order valence-corrected chi connectivity index (χ1v) is 11.9. The first-order valence-electron chi connectivity index (χ1n) is 11.1. The highest BCUT2D eigenvalue weighted by Gasteiger charge is 2.39. The van der Waals surface area contributed by atoms with Crippen molar-refractivity contribution < 1.29 is 14.4 Å². The van der Waals surface area contributed by atoms with E-state index in [9.17, 15) is 14.4 Å². The van der Waals surface area contributed by atoms with E-state index in [1.807, 2.05) is 34.1 Å². The zero-order valence-electron chi connectivity index (χ0n) is 17.6. The van der Waals surface area contributed by atoms with Crippen LogP contribution in [0.25, 0.3) is 0 Å². The van der Waals surface area contributed by atoms with Gasteiger partial charge < -0.3 is 14.7 Å². The molecular formula is C23H30BrN3O3. The Morgan fingerprint density at radius 3 is 2.10 bits per heavy atom. The number of carbonyl (C=O) groups excluding carboxylic acids is 3. The van der Waals surface area contributed by atoms with Crippen LogP contribution in [0.2, 0.25) is 0 Å². The molecule has 0 aromatic heterocycles. The minimum Gasteiger partial charge on any atom is -0.342 e. The van der Waals surface area contributed by atoms with Gasteiger partial charge in [0.25, 0.3) is 0 Å². The first-order chi connectivity index (χ1) is 14.4. The van der Waals surface area contributed by atoms with Crippen LogP contribution in [-0.2, 0) is 14.4 Å². The molecule has 1 unspecified atom stereocenters. The van der Waals surface area contributed by atoms with Gasteiger partial charge in [-0.15, -0.1) is 0 Å². The summed E-state index contributed by atoms with van der Waals surface area (Å²) in [4.78, 5) is 44.0. The summed E-state index contributed by atoms with van der Waals surface area (Å²) in [5, 5.41) is 0. The molecule has 0 radical (unpaired) electrons. The van der Waals surface area contributed by atoms with Crippen molar-refractivity contribution in [2.45, 2.75) is 39.0 Å². The third-order valence-electron chi connectivity index (χ3n) is 6.87. The van der Waals surface area contributed by atoms with Gasteiger partial charge in [-0.3, -0.25) is 14.4 Å². The average molecular weight is 476 g/mol. The van der Waals surface area contributed by atoms with Crippen molar-refractivity contribution >= 4 is 39.3 Å². The Morgan fingerprint density at radius 2 is 1.47 bits per heavy atom. The summed E-state index contributed by atoms with van der Waals surface area (Å²) in [5.74, 6) is 0.744. The minimum absolute atomic E-state index is 0.00959. The molecule has 0 aliphatic carbocycles. The highest BCUT2D eigenvalue weighted by molar-refractivity contribution is 9.10. The maximum absolute atomic E-state index is 13.1. The van der Waals surface area contributed by atoms with Gasteiger partial charge in [-0.05, 0) is 59.7 Å². The average Bonchev–Trinajstić information content (AvgIpc) is 3.15. The molecule has 6 nitrogen and oxygen atoms in total. The quantitative estimate of drug-likeness (QED) is 0.673. The van der Waals surface area contributed by atoms with Crippen molar-refractivity contribution in [2.75, 3.05) is 37.6 Å². The molecule has 0 saturated carbocycles. The van der Waals surface area contributed by atoms with Crippen LogP contribution in [0.1, 0.15) is 39.0 Å². The lowest BCUT2D eigenvalue weighted by molar-refractivity contribution is -0.143. The number of anilines is 1. The number of benzene rings is 1. The highest BCUT2D eigenvalue weighted by Crippen LogP contribution is 2.32. The lowest BCUT2D eigenvalue weighted by Gasteiger charge is -2.37. The van der Waals surface area contributed by atoms with Crippen LogP contribution in [0, 0.1) is 17.8 Å². The standard InChI is InChI=1S/C23H30BrN3O3/c1-16-6-10-25(11-7-16)22(29)17-8-12-26(13-9-17)23(30)18-14-21(28)27(15-18)20-5-3-2-4-19(20)24/h2-5,16-18H,6-15H2,1H3. The Morgan fingerprint density at radius 1 is 0.900 bits per heavy atom. The third kappa shape index (κ3) is 4.41. The monoisotopic (exact) mass is 475 g/mol. The van der Waals surface area contributed by atoms with Crippen LogP contribution >= 0.6 is 15.9 Å². The van der Waals surface area contributed by atoms with E-state index in [-0.39, 0.29) is 36.0 Å². The lowest BCUT2D eigenvalue weighted by Crippen LogP contribution is -2.47. The normalized spacial score (nSPS) is 23.9. The number of para-hydroxylation sites is 1. The molecule has 0 spiro atoms. The molecule has 3 fully saturated rings. The Bertz CT molecular complexity index is 814. The summed E-state index contributed by atoms with van der Waals surface area (Å²) in [6.45, 7) is 5.63. The Hall–Kier alpha value is -1.89. The maximum Gasteiger partial charge on any atom is 0.228 e. The molecule has 3 amide bonds. The number of hydrogen-bond donors (Lipinski definition) is 0. The molecule has 3 aliphatic rings. The Kier molecular flexibility index (Phi) is 6.46. The third-order valence-corrected chi connectivity index (χ3v) is 7.54. The van der Waals surface area contributed by atoms with Crippen molar-refractivity contribution in [3.63, 3.8) is 0 Å². The van der Waals surface area contributed by atoms with E-state index in [0.29, 0.717) is 25.6 Å². The van der Waals surface area contributed by atoms with Gasteiger partial charge in [0.05, 0.1) is 11.6 Å². The molecule has 1 atom stereocenters. The van der Waals surface area contributed by atoms with E-state index in [2.05, 4.69) is 22.9 Å². The molecule has 0 bridgehead atoms. The fourth-order valence-corrected chi connectivity index (χ4v) is 5.37. The summed E-state index contributed by atoms with van der Waals surface area (Å²) in [6.07, 6.45) is 3.89. The molecule has 162 valence electrons. The van der Waals surface area contributed by atoms with Crippen LogP contribution in [0.15, 0.2) is 28.7 Å². The van der Waals surface area contributed by atoms with Crippen molar-refractivity contribution in [3.05, 3.63) is 28.7 Å². The highest BCUT2D eigenvalue weighted by atomic mass is 79.9. The summed E-state index contributed by atoms with van der Waals surface area (Å²) < 4.78 is 0.859. The van der Waals surface area contributed by atoms with Gasteiger partial charge in [0.2, 0.25) is 17.7 Å². The Balaban J connectivity index is 1.31. The van der Waals surface area contributed by atoms with Gasteiger partial charge in [-0.2, -0.15) is 0 Å². The Labute approximate surface area is 186 Å². The van der Waals surface area contributed by atoms with E-state index in [1.54, 1.807) is 4.90 Å². The van der Waals surface area contributed by atoms with E-state index >= 15 is 0 Å². The molecular weight excluding hydrogens is 446 g/mol. The fraction of sp³-hybridized carbons (Fsp3) is 0.609. The summed E-state index contributed by atoms with van der Waals surface area (Å²) in [5.41, 5.74) is 0.818. The number of hydrogen-bond acceptors (Lipinski definition) is 3. The van der Waals surface area contributed by atoms with Crippen molar-refractivity contribution in [1.29, 1.82) is 0 Å². The predicted molar refractivity (Wildman–Crippen MR) is 119 cm³/mol. The molecule has 0 N–H and O–H groups in total. The molecule has 4 rings (SSSR count). The second kappa shape index (κ2) is 9.08. The summed E-state index contributed by atoms with van der Waals surface area (Å²) >= 11 is 3.50. The van der Waals surface area contributed by atoms with E-state index in [0.717, 1.165) is 48.9 Å². The number of halogens is 1. The van der Waals surface area contributed by atoms with E-state index in [1.165, 1.54) is 0 Å². The van der Waals surface area contributed by atoms with Crippen molar-refractivity contribution in [2.24, 2.45) is 17.8 Å². The lowest BCUT2D eigenvalue weighted by atomic mass is 9.92. The SMILES string of the molecule is CC1CCN(C(=O)C2CCN(C(=O)C3CC(=O)N(c4ccccc4Br)C3)CC2)CC1. The van der Waals surface area contributed by atoms with Crippen LogP contribution in [0.4, 0.5) is 5.69 Å². The summed E-state index contributed by atoms with van der Waals surface area (Å²) in [6, 6.07) is 7.61. The number of piperidine rings is 2. The number of amides is 3. The number of nitrogens with zero attached hydrogens (tertiary/aromatic N) is 3. The van der Waals surface area contributed by atoms with E-state index in [4.69, 9.17) is 0 Å². The number of rotatable bonds is 3. The molecule has 1 aromatic rings. The zero-order valence-corrected chi connectivity index (χ0v) is 19.1. The van der Waals surface area contributed by atoms with Crippen LogP contribution in [0.5, 0.6) is 0 Å². The van der Waals surface area contributed by atoms with Crippen molar-refractivity contribution in [1.82, 2.24) is 9.80 Å². The van der Waals surface area contributed by atoms with Crippen LogP contribution < -0.4 is 4.90 Å². The smallest absolute Gasteiger partial charge is 0.228 e. The molecule has 30 heavy (non-hydrogen) atoms. The molecule has 3 aliphatic heterocycles. The second-order valence-electron chi connectivity index (χ2n) is 8.96. The zero-order chi connectivity index (χ0) is 21.3. The largest absolute Gasteiger partial charge is 0.342 e. The molecule has 3 saturated heterocycles. The van der Waals surface area contributed by atoms with Crippen molar-refractivity contribution in [3.8, 4) is 0 Å². The molecule has 7 heteroatoms. The molecule has 3 heterocycles. The van der Waals surface area contributed by atoms with Gasteiger partial charge in [-0.25, -0.2) is 0 Å². The van der Waals surface area contributed by atoms with Gasteiger partial charge in [0, 0.05) is 49.5 Å².